The van der Waals surface area contributed by atoms with Crippen LogP contribution in [0.15, 0.2) is 30.6 Å². The normalized spacial score (nSPS) is 12.3. The number of aryl methyl sites for hydroxylation is 1. The molecule has 0 saturated heterocycles. The highest BCUT2D eigenvalue weighted by Crippen LogP contribution is 2.17. The van der Waals surface area contributed by atoms with Crippen molar-refractivity contribution < 1.29 is 4.74 Å². The zero-order valence-corrected chi connectivity index (χ0v) is 13.0. The van der Waals surface area contributed by atoms with Gasteiger partial charge in [0.2, 0.25) is 0 Å². The van der Waals surface area contributed by atoms with Gasteiger partial charge in [-0.25, -0.2) is 4.98 Å². The van der Waals surface area contributed by atoms with Gasteiger partial charge < -0.3 is 10.1 Å². The van der Waals surface area contributed by atoms with Crippen LogP contribution in [0.25, 0.3) is 0 Å². The molecule has 1 heterocycles. The standard InChI is InChI=1S/C16H24N4O/c1-4-20-16(18-12-19-20)10-14(11-17-2)9-13-5-7-15(21-3)8-6-13/h5-8,12,14,17H,4,9-11H2,1-3H3. The number of hydrogen-bond acceptors (Lipinski definition) is 4. The summed E-state index contributed by atoms with van der Waals surface area (Å²) in [5.41, 5.74) is 1.32. The maximum atomic E-state index is 5.20. The summed E-state index contributed by atoms with van der Waals surface area (Å²) in [5.74, 6) is 2.46. The molecule has 0 radical (unpaired) electrons. The summed E-state index contributed by atoms with van der Waals surface area (Å²) in [6, 6.07) is 8.29. The Kier molecular flexibility index (Phi) is 5.75. The number of nitrogens with one attached hydrogen (secondary N) is 1. The maximum Gasteiger partial charge on any atom is 0.138 e. The molecule has 1 N–H and O–H groups in total. The van der Waals surface area contributed by atoms with Gasteiger partial charge in [-0.05, 0) is 50.6 Å². The number of aromatic nitrogens is 3. The van der Waals surface area contributed by atoms with E-state index < -0.39 is 0 Å². The predicted octanol–water partition coefficient (Wildman–Crippen LogP) is 1.93. The van der Waals surface area contributed by atoms with E-state index in [-0.39, 0.29) is 0 Å². The molecule has 5 heteroatoms. The molecule has 114 valence electrons. The van der Waals surface area contributed by atoms with Gasteiger partial charge in [0.25, 0.3) is 0 Å². The molecule has 2 rings (SSSR count). The molecule has 2 aromatic rings. The number of rotatable bonds is 8. The van der Waals surface area contributed by atoms with E-state index in [0.717, 1.165) is 37.5 Å². The average Bonchev–Trinajstić information content (AvgIpc) is 2.95. The van der Waals surface area contributed by atoms with E-state index in [4.69, 9.17) is 4.74 Å². The molecule has 5 nitrogen and oxygen atoms in total. The molecule has 0 aliphatic rings. The van der Waals surface area contributed by atoms with E-state index in [1.165, 1.54) is 5.56 Å². The summed E-state index contributed by atoms with van der Waals surface area (Å²) in [7, 11) is 3.68. The van der Waals surface area contributed by atoms with E-state index in [1.807, 2.05) is 23.9 Å². The molecule has 0 aliphatic carbocycles. The fourth-order valence-corrected chi connectivity index (χ4v) is 2.57. The zero-order valence-electron chi connectivity index (χ0n) is 13.0. The van der Waals surface area contributed by atoms with E-state index in [2.05, 4.69) is 34.5 Å². The van der Waals surface area contributed by atoms with Crippen molar-refractivity contribution >= 4 is 0 Å². The molecule has 1 atom stereocenters. The van der Waals surface area contributed by atoms with Gasteiger partial charge in [0.1, 0.15) is 17.9 Å². The fourth-order valence-electron chi connectivity index (χ4n) is 2.57. The highest BCUT2D eigenvalue weighted by molar-refractivity contribution is 5.27. The number of hydrogen-bond donors (Lipinski definition) is 1. The van der Waals surface area contributed by atoms with Crippen molar-refractivity contribution in [2.45, 2.75) is 26.3 Å². The Morgan fingerprint density at radius 3 is 2.62 bits per heavy atom. The van der Waals surface area contributed by atoms with Crippen LogP contribution in [-0.4, -0.2) is 35.5 Å². The molecule has 0 aliphatic heterocycles. The minimum Gasteiger partial charge on any atom is -0.497 e. The first kappa shape index (κ1) is 15.5. The molecule has 1 aromatic heterocycles. The number of methoxy groups -OCH3 is 1. The Morgan fingerprint density at radius 1 is 1.24 bits per heavy atom. The number of nitrogens with zero attached hydrogens (tertiary/aromatic N) is 3. The van der Waals surface area contributed by atoms with E-state index >= 15 is 0 Å². The van der Waals surface area contributed by atoms with Crippen molar-refractivity contribution in [1.82, 2.24) is 20.1 Å². The Labute approximate surface area is 126 Å². The lowest BCUT2D eigenvalue weighted by atomic mass is 9.95. The van der Waals surface area contributed by atoms with E-state index in [1.54, 1.807) is 13.4 Å². The molecule has 21 heavy (non-hydrogen) atoms. The summed E-state index contributed by atoms with van der Waals surface area (Å²) in [6.45, 7) is 3.92. The average molecular weight is 288 g/mol. The molecule has 0 spiro atoms. The predicted molar refractivity (Wildman–Crippen MR) is 83.5 cm³/mol. The summed E-state index contributed by atoms with van der Waals surface area (Å²) in [6.07, 6.45) is 3.59. The maximum absolute atomic E-state index is 5.20. The largest absolute Gasteiger partial charge is 0.497 e. The third-order valence-corrected chi connectivity index (χ3v) is 3.64. The first-order valence-electron chi connectivity index (χ1n) is 7.41. The van der Waals surface area contributed by atoms with Crippen LogP contribution < -0.4 is 10.1 Å². The SMILES string of the molecule is CCn1ncnc1CC(CNC)Cc1ccc(OC)cc1. The highest BCUT2D eigenvalue weighted by Gasteiger charge is 2.14. The summed E-state index contributed by atoms with van der Waals surface area (Å²) in [5, 5.41) is 7.52. The van der Waals surface area contributed by atoms with E-state index in [9.17, 15) is 0 Å². The lowest BCUT2D eigenvalue weighted by molar-refractivity contribution is 0.414. The Morgan fingerprint density at radius 2 is 2.00 bits per heavy atom. The minimum atomic E-state index is 0.498. The fraction of sp³-hybridized carbons (Fsp3) is 0.500. The molecular weight excluding hydrogens is 264 g/mol. The Hall–Kier alpha value is -1.88. The van der Waals surface area contributed by atoms with Gasteiger partial charge in [-0.2, -0.15) is 5.10 Å². The van der Waals surface area contributed by atoms with Crippen LogP contribution in [0.4, 0.5) is 0 Å². The first-order chi connectivity index (χ1) is 10.3. The Balaban J connectivity index is 2.04. The van der Waals surface area contributed by atoms with Crippen LogP contribution in [0.2, 0.25) is 0 Å². The van der Waals surface area contributed by atoms with Crippen LogP contribution in [0.5, 0.6) is 5.75 Å². The van der Waals surface area contributed by atoms with E-state index in [0.29, 0.717) is 5.92 Å². The summed E-state index contributed by atoms with van der Waals surface area (Å²) >= 11 is 0. The van der Waals surface area contributed by atoms with Crippen LogP contribution in [0, 0.1) is 5.92 Å². The molecular formula is C16H24N4O. The number of benzene rings is 1. The van der Waals surface area contributed by atoms with Crippen molar-refractivity contribution in [3.05, 3.63) is 42.0 Å². The van der Waals surface area contributed by atoms with Gasteiger partial charge in [0.05, 0.1) is 7.11 Å². The van der Waals surface area contributed by atoms with Gasteiger partial charge in [0.15, 0.2) is 0 Å². The van der Waals surface area contributed by atoms with Crippen LogP contribution >= 0.6 is 0 Å². The molecule has 0 fully saturated rings. The summed E-state index contributed by atoms with van der Waals surface area (Å²) in [4.78, 5) is 4.38. The second-order valence-corrected chi connectivity index (χ2v) is 5.17. The topological polar surface area (TPSA) is 52.0 Å². The van der Waals surface area contributed by atoms with Crippen molar-refractivity contribution in [1.29, 1.82) is 0 Å². The van der Waals surface area contributed by atoms with Crippen LogP contribution in [0.3, 0.4) is 0 Å². The highest BCUT2D eigenvalue weighted by atomic mass is 16.5. The summed E-state index contributed by atoms with van der Waals surface area (Å²) < 4.78 is 7.17. The van der Waals surface area contributed by atoms with Crippen molar-refractivity contribution in [2.75, 3.05) is 20.7 Å². The lowest BCUT2D eigenvalue weighted by Crippen LogP contribution is -2.24. The quantitative estimate of drug-likeness (QED) is 0.806. The van der Waals surface area contributed by atoms with Gasteiger partial charge in [-0.15, -0.1) is 0 Å². The van der Waals surface area contributed by atoms with Crippen LogP contribution in [-0.2, 0) is 19.4 Å². The van der Waals surface area contributed by atoms with Crippen molar-refractivity contribution in [2.24, 2.45) is 5.92 Å². The smallest absolute Gasteiger partial charge is 0.138 e. The second kappa shape index (κ2) is 7.78. The monoisotopic (exact) mass is 288 g/mol. The third kappa shape index (κ3) is 4.29. The first-order valence-corrected chi connectivity index (χ1v) is 7.41. The van der Waals surface area contributed by atoms with Gasteiger partial charge in [-0.3, -0.25) is 4.68 Å². The van der Waals surface area contributed by atoms with Crippen molar-refractivity contribution in [3.8, 4) is 5.75 Å². The minimum absolute atomic E-state index is 0.498. The Bertz CT molecular complexity index is 535. The molecule has 0 amide bonds. The number of ether oxygens (including phenoxy) is 1. The van der Waals surface area contributed by atoms with Crippen LogP contribution in [0.1, 0.15) is 18.3 Å². The van der Waals surface area contributed by atoms with Gasteiger partial charge in [-0.1, -0.05) is 12.1 Å². The van der Waals surface area contributed by atoms with Gasteiger partial charge in [0, 0.05) is 13.0 Å². The van der Waals surface area contributed by atoms with Crippen molar-refractivity contribution in [3.63, 3.8) is 0 Å². The second-order valence-electron chi connectivity index (χ2n) is 5.17. The molecule has 0 saturated carbocycles. The zero-order chi connectivity index (χ0) is 15.1. The van der Waals surface area contributed by atoms with Gasteiger partial charge >= 0.3 is 0 Å². The molecule has 1 aromatic carbocycles. The molecule has 0 bridgehead atoms. The molecule has 1 unspecified atom stereocenters. The lowest BCUT2D eigenvalue weighted by Gasteiger charge is -2.16. The third-order valence-electron chi connectivity index (χ3n) is 3.64.